The molecular formula is C26H30N4O12. The number of para-hydroxylation sites is 1. The SMILES string of the molecule is CC(=O)OC[C@@H](OC(C)=O)[C@H](OC(C)=O)[C@H](OC(C)=O)[C@H](/C=N/N(C(C)=O)c1nc2ccccc2c(=O)[nH]1)OC(C)=O. The van der Waals surface area contributed by atoms with Gasteiger partial charge in [0.2, 0.25) is 11.9 Å². The topological polar surface area (TPSA) is 210 Å². The monoisotopic (exact) mass is 590 g/mol. The summed E-state index contributed by atoms with van der Waals surface area (Å²) in [6, 6.07) is 6.32. The molecule has 0 saturated heterocycles. The number of hydrogen-bond acceptors (Lipinski definition) is 14. The highest BCUT2D eigenvalue weighted by Gasteiger charge is 2.43. The second-order valence-electron chi connectivity index (χ2n) is 8.67. The smallest absolute Gasteiger partial charge is 0.303 e. The van der Waals surface area contributed by atoms with E-state index in [9.17, 15) is 33.6 Å². The molecule has 2 rings (SSSR count). The number of rotatable bonds is 12. The number of aromatic nitrogens is 2. The zero-order valence-corrected chi connectivity index (χ0v) is 23.6. The first kappa shape index (κ1) is 33.1. The van der Waals surface area contributed by atoms with E-state index in [1.807, 2.05) is 0 Å². The van der Waals surface area contributed by atoms with E-state index < -0.39 is 72.3 Å². The van der Waals surface area contributed by atoms with E-state index in [0.717, 1.165) is 47.8 Å². The lowest BCUT2D eigenvalue weighted by Gasteiger charge is -2.34. The minimum Gasteiger partial charge on any atom is -0.462 e. The van der Waals surface area contributed by atoms with E-state index in [-0.39, 0.29) is 16.9 Å². The van der Waals surface area contributed by atoms with Crippen LogP contribution in [0.3, 0.4) is 0 Å². The number of anilines is 1. The first-order valence-electron chi connectivity index (χ1n) is 12.4. The molecule has 16 nitrogen and oxygen atoms in total. The van der Waals surface area contributed by atoms with Gasteiger partial charge in [0.1, 0.15) is 6.61 Å². The van der Waals surface area contributed by atoms with Crippen molar-refractivity contribution in [1.82, 2.24) is 9.97 Å². The van der Waals surface area contributed by atoms with Gasteiger partial charge in [-0.05, 0) is 12.1 Å². The maximum atomic E-state index is 12.6. The third-order valence-electron chi connectivity index (χ3n) is 5.12. The predicted octanol–water partition coefficient (Wildman–Crippen LogP) is 0.552. The third kappa shape index (κ3) is 9.79. The van der Waals surface area contributed by atoms with Crippen molar-refractivity contribution in [2.24, 2.45) is 5.10 Å². The number of hydrogen-bond donors (Lipinski definition) is 1. The van der Waals surface area contributed by atoms with E-state index in [1.54, 1.807) is 12.1 Å². The normalized spacial score (nSPS) is 13.8. The number of esters is 5. The van der Waals surface area contributed by atoms with Crippen molar-refractivity contribution in [3.05, 3.63) is 34.6 Å². The summed E-state index contributed by atoms with van der Waals surface area (Å²) in [5, 5.41) is 4.93. The van der Waals surface area contributed by atoms with Gasteiger partial charge in [0.15, 0.2) is 24.4 Å². The van der Waals surface area contributed by atoms with Crippen molar-refractivity contribution in [3.8, 4) is 0 Å². The van der Waals surface area contributed by atoms with Gasteiger partial charge in [-0.3, -0.25) is 38.5 Å². The molecule has 0 bridgehead atoms. The molecule has 0 unspecified atom stereocenters. The molecule has 0 aliphatic heterocycles. The Balaban J connectivity index is 2.65. The summed E-state index contributed by atoms with van der Waals surface area (Å²) in [5.41, 5.74) is -0.326. The molecule has 4 atom stereocenters. The second-order valence-corrected chi connectivity index (χ2v) is 8.67. The summed E-state index contributed by atoms with van der Waals surface area (Å²) >= 11 is 0. The lowest BCUT2D eigenvalue weighted by Crippen LogP contribution is -2.53. The fourth-order valence-corrected chi connectivity index (χ4v) is 3.63. The number of fused-ring (bicyclic) bond motifs is 1. The van der Waals surface area contributed by atoms with Crippen LogP contribution in [-0.4, -0.2) is 83.0 Å². The van der Waals surface area contributed by atoms with E-state index in [0.29, 0.717) is 5.01 Å². The van der Waals surface area contributed by atoms with Crippen LogP contribution in [0.1, 0.15) is 41.5 Å². The Morgan fingerprint density at radius 3 is 1.95 bits per heavy atom. The Bertz CT molecular complexity index is 1440. The number of amides is 1. The molecule has 1 heterocycles. The summed E-state index contributed by atoms with van der Waals surface area (Å²) in [6.07, 6.45) is -5.85. The Hall–Kier alpha value is -5.15. The number of carbonyl (C=O) groups excluding carboxylic acids is 6. The number of carbonyl (C=O) groups is 6. The van der Waals surface area contributed by atoms with Crippen LogP contribution in [-0.2, 0) is 52.5 Å². The minimum absolute atomic E-state index is 0.245. The summed E-state index contributed by atoms with van der Waals surface area (Å²) < 4.78 is 26.0. The number of nitrogens with one attached hydrogen (secondary N) is 1. The summed E-state index contributed by atoms with van der Waals surface area (Å²) in [7, 11) is 0. The van der Waals surface area contributed by atoms with Crippen molar-refractivity contribution in [1.29, 1.82) is 0 Å². The van der Waals surface area contributed by atoms with Gasteiger partial charge in [-0.2, -0.15) is 10.1 Å². The zero-order valence-electron chi connectivity index (χ0n) is 23.6. The van der Waals surface area contributed by atoms with Gasteiger partial charge in [0, 0.05) is 41.5 Å². The Morgan fingerprint density at radius 1 is 0.833 bits per heavy atom. The summed E-state index contributed by atoms with van der Waals surface area (Å²) in [5.74, 6) is -5.47. The van der Waals surface area contributed by atoms with Gasteiger partial charge >= 0.3 is 29.8 Å². The standard InChI is InChI=1S/C26H30N4O12/c1-13(31)30(26-28-20-10-8-7-9-19(20)25(37)29-26)27-11-21(39-15(3)33)23(41-17(5)35)24(42-18(6)36)22(40-16(4)34)12-38-14(2)32/h7-11,21-24H,12H2,1-6H3,(H,28,29,37)/b27-11+/t21-,22+,23+,24-/m0/s1. The van der Waals surface area contributed by atoms with E-state index >= 15 is 0 Å². The predicted molar refractivity (Wildman–Crippen MR) is 143 cm³/mol. The lowest BCUT2D eigenvalue weighted by molar-refractivity contribution is -0.197. The van der Waals surface area contributed by atoms with Gasteiger partial charge in [0.05, 0.1) is 17.1 Å². The highest BCUT2D eigenvalue weighted by molar-refractivity contribution is 5.91. The van der Waals surface area contributed by atoms with Crippen LogP contribution < -0.4 is 10.6 Å². The number of nitrogens with zero attached hydrogens (tertiary/aromatic N) is 3. The summed E-state index contributed by atoms with van der Waals surface area (Å²) in [4.78, 5) is 91.3. The number of benzene rings is 1. The fraction of sp³-hybridized carbons (Fsp3) is 0.423. The molecule has 0 fully saturated rings. The molecule has 226 valence electrons. The molecule has 2 aromatic rings. The molecule has 1 aromatic heterocycles. The molecule has 0 radical (unpaired) electrons. The van der Waals surface area contributed by atoms with Crippen LogP contribution in [0.2, 0.25) is 0 Å². The number of aromatic amines is 1. The van der Waals surface area contributed by atoms with Crippen LogP contribution >= 0.6 is 0 Å². The molecule has 1 amide bonds. The third-order valence-corrected chi connectivity index (χ3v) is 5.12. The summed E-state index contributed by atoms with van der Waals surface area (Å²) in [6.45, 7) is 5.58. The van der Waals surface area contributed by atoms with Crippen molar-refractivity contribution < 1.29 is 52.5 Å². The van der Waals surface area contributed by atoms with Gasteiger partial charge in [0.25, 0.3) is 5.56 Å². The second kappa shape index (κ2) is 15.0. The zero-order chi connectivity index (χ0) is 31.6. The fourth-order valence-electron chi connectivity index (χ4n) is 3.63. The van der Waals surface area contributed by atoms with Crippen LogP contribution in [0.5, 0.6) is 0 Å². The van der Waals surface area contributed by atoms with Crippen molar-refractivity contribution in [2.45, 2.75) is 66.0 Å². The van der Waals surface area contributed by atoms with E-state index in [1.165, 1.54) is 12.1 Å². The van der Waals surface area contributed by atoms with Crippen LogP contribution in [0, 0.1) is 0 Å². The molecular weight excluding hydrogens is 560 g/mol. The molecule has 16 heteroatoms. The molecule has 0 saturated carbocycles. The van der Waals surface area contributed by atoms with Gasteiger partial charge in [-0.1, -0.05) is 12.1 Å². The Kier molecular flexibility index (Phi) is 11.8. The molecule has 1 aromatic carbocycles. The lowest BCUT2D eigenvalue weighted by atomic mass is 10.0. The molecule has 42 heavy (non-hydrogen) atoms. The van der Waals surface area contributed by atoms with Gasteiger partial charge < -0.3 is 23.7 Å². The largest absolute Gasteiger partial charge is 0.462 e. The highest BCUT2D eigenvalue weighted by Crippen LogP contribution is 2.20. The maximum absolute atomic E-state index is 12.6. The maximum Gasteiger partial charge on any atom is 0.303 e. The van der Waals surface area contributed by atoms with Crippen molar-refractivity contribution in [2.75, 3.05) is 11.6 Å². The van der Waals surface area contributed by atoms with Crippen LogP contribution in [0.25, 0.3) is 10.9 Å². The quantitative estimate of drug-likeness (QED) is 0.155. The van der Waals surface area contributed by atoms with Crippen LogP contribution in [0.4, 0.5) is 5.95 Å². The molecule has 0 aliphatic carbocycles. The van der Waals surface area contributed by atoms with Crippen molar-refractivity contribution >= 4 is 58.8 Å². The Morgan fingerprint density at radius 2 is 1.40 bits per heavy atom. The first-order valence-corrected chi connectivity index (χ1v) is 12.4. The highest BCUT2D eigenvalue weighted by atomic mass is 16.6. The van der Waals surface area contributed by atoms with Gasteiger partial charge in [-0.25, -0.2) is 4.98 Å². The first-order chi connectivity index (χ1) is 19.7. The van der Waals surface area contributed by atoms with E-state index in [4.69, 9.17) is 23.7 Å². The average Bonchev–Trinajstić information content (AvgIpc) is 2.87. The van der Waals surface area contributed by atoms with Gasteiger partial charge in [-0.15, -0.1) is 0 Å². The molecule has 0 aliphatic rings. The van der Waals surface area contributed by atoms with Crippen molar-refractivity contribution in [3.63, 3.8) is 0 Å². The van der Waals surface area contributed by atoms with E-state index in [2.05, 4.69) is 15.1 Å². The molecule has 0 spiro atoms. The average molecular weight is 591 g/mol. The number of hydrazone groups is 1. The number of H-pyrrole nitrogens is 1. The molecule has 1 N–H and O–H groups in total. The number of ether oxygens (including phenoxy) is 5. The van der Waals surface area contributed by atoms with Crippen LogP contribution in [0.15, 0.2) is 34.2 Å². The Labute approximate surface area is 238 Å². The minimum atomic E-state index is -1.75.